The quantitative estimate of drug-likeness (QED) is 0.597. The molecule has 148 valence electrons. The van der Waals surface area contributed by atoms with Gasteiger partial charge in [0.15, 0.2) is 5.82 Å². The molecule has 0 N–H and O–H groups in total. The van der Waals surface area contributed by atoms with E-state index in [1.165, 1.54) is 0 Å². The van der Waals surface area contributed by atoms with E-state index in [4.69, 9.17) is 9.26 Å². The summed E-state index contributed by atoms with van der Waals surface area (Å²) in [6, 6.07) is 10.9. The molecule has 29 heavy (non-hydrogen) atoms. The predicted octanol–water partition coefficient (Wildman–Crippen LogP) is 3.72. The maximum absolute atomic E-state index is 12.8. The molecule has 1 amide bonds. The molecule has 0 unspecified atom stereocenters. The summed E-state index contributed by atoms with van der Waals surface area (Å²) >= 11 is 0. The lowest BCUT2D eigenvalue weighted by molar-refractivity contribution is 0.0710. The topological polar surface area (TPSA) is 81.4 Å². The zero-order valence-corrected chi connectivity index (χ0v) is 16.0. The van der Waals surface area contributed by atoms with Crippen LogP contribution < -0.4 is 4.74 Å². The van der Waals surface area contributed by atoms with Crippen molar-refractivity contribution in [2.24, 2.45) is 0 Å². The molecule has 2 aromatic heterocycles. The molecule has 7 heteroatoms. The second-order valence-corrected chi connectivity index (χ2v) is 6.88. The molecule has 1 aromatic carbocycles. The number of aromatic nitrogens is 3. The number of benzene rings is 1. The summed E-state index contributed by atoms with van der Waals surface area (Å²) < 4.78 is 10.9. The molecule has 1 saturated heterocycles. The lowest BCUT2D eigenvalue weighted by Crippen LogP contribution is -2.38. The zero-order chi connectivity index (χ0) is 20.1. The number of carbonyl (C=O) groups excluding carboxylic acids is 1. The monoisotopic (exact) mass is 390 g/mol. The van der Waals surface area contributed by atoms with Gasteiger partial charge in [-0.25, -0.2) is 0 Å². The fraction of sp³-hybridized carbons (Fsp3) is 0.273. The van der Waals surface area contributed by atoms with E-state index >= 15 is 0 Å². The highest BCUT2D eigenvalue weighted by atomic mass is 16.5. The fourth-order valence-electron chi connectivity index (χ4n) is 3.38. The van der Waals surface area contributed by atoms with Crippen molar-refractivity contribution in [3.05, 3.63) is 72.8 Å². The van der Waals surface area contributed by atoms with Gasteiger partial charge in [-0.3, -0.25) is 9.78 Å². The first-order chi connectivity index (χ1) is 14.2. The van der Waals surface area contributed by atoms with Crippen molar-refractivity contribution in [2.75, 3.05) is 19.7 Å². The third-order valence-electron chi connectivity index (χ3n) is 4.99. The summed E-state index contributed by atoms with van der Waals surface area (Å²) in [7, 11) is 0. The number of piperidine rings is 1. The molecule has 0 aliphatic carbocycles. The Hall–Kier alpha value is -3.48. The van der Waals surface area contributed by atoms with Crippen molar-refractivity contribution in [2.45, 2.75) is 18.8 Å². The van der Waals surface area contributed by atoms with Crippen LogP contribution in [0.3, 0.4) is 0 Å². The maximum atomic E-state index is 12.8. The number of likely N-dealkylation sites (tertiary alicyclic amines) is 1. The summed E-state index contributed by atoms with van der Waals surface area (Å²) in [6.07, 6.45) is 6.69. The van der Waals surface area contributed by atoms with E-state index in [0.717, 1.165) is 24.2 Å². The number of hydrogen-bond donors (Lipinski definition) is 0. The van der Waals surface area contributed by atoms with Crippen molar-refractivity contribution in [3.63, 3.8) is 0 Å². The summed E-state index contributed by atoms with van der Waals surface area (Å²) in [5, 5.41) is 4.15. The average Bonchev–Trinajstić information content (AvgIpc) is 3.29. The van der Waals surface area contributed by atoms with Crippen molar-refractivity contribution >= 4 is 5.91 Å². The molecule has 1 aliphatic heterocycles. The molecular formula is C22H22N4O3. The van der Waals surface area contributed by atoms with Crippen molar-refractivity contribution in [1.82, 2.24) is 20.0 Å². The maximum Gasteiger partial charge on any atom is 0.258 e. The minimum absolute atomic E-state index is 0.0318. The first-order valence-corrected chi connectivity index (χ1v) is 9.61. The number of carbonyl (C=O) groups is 1. The second-order valence-electron chi connectivity index (χ2n) is 6.88. The molecule has 0 radical (unpaired) electrons. The standard InChI is InChI=1S/C22H22N4O3/c1-2-15-28-19-5-3-18(4-6-19)22(27)26-13-9-16(10-14-26)20-24-21(29-25-20)17-7-11-23-12-8-17/h2-8,11-12,16H,1,9-10,13-15H2. The zero-order valence-electron chi connectivity index (χ0n) is 16.0. The number of pyridine rings is 1. The molecule has 7 nitrogen and oxygen atoms in total. The Balaban J connectivity index is 1.35. The predicted molar refractivity (Wildman–Crippen MR) is 108 cm³/mol. The number of ether oxygens (including phenoxy) is 1. The number of nitrogens with zero attached hydrogens (tertiary/aromatic N) is 4. The highest BCUT2D eigenvalue weighted by molar-refractivity contribution is 5.94. The Bertz CT molecular complexity index is 961. The molecule has 3 aromatic rings. The smallest absolute Gasteiger partial charge is 0.258 e. The van der Waals surface area contributed by atoms with Crippen LogP contribution in [0.4, 0.5) is 0 Å². The molecule has 4 rings (SSSR count). The van der Waals surface area contributed by atoms with Gasteiger partial charge >= 0.3 is 0 Å². The lowest BCUT2D eigenvalue weighted by atomic mass is 9.95. The highest BCUT2D eigenvalue weighted by Crippen LogP contribution is 2.28. The molecule has 0 atom stereocenters. The SMILES string of the molecule is C=CCOc1ccc(C(=O)N2CCC(c3noc(-c4ccncc4)n3)CC2)cc1. The van der Waals surface area contributed by atoms with Gasteiger partial charge in [-0.1, -0.05) is 17.8 Å². The van der Waals surface area contributed by atoms with Crippen LogP contribution in [-0.4, -0.2) is 45.6 Å². The van der Waals surface area contributed by atoms with Crippen LogP contribution in [0.1, 0.15) is 34.9 Å². The van der Waals surface area contributed by atoms with Gasteiger partial charge in [-0.2, -0.15) is 4.98 Å². The third kappa shape index (κ3) is 4.34. The van der Waals surface area contributed by atoms with Crippen molar-refractivity contribution in [3.8, 4) is 17.2 Å². The fourth-order valence-corrected chi connectivity index (χ4v) is 3.38. The molecule has 1 aliphatic rings. The average molecular weight is 390 g/mol. The van der Waals surface area contributed by atoms with E-state index < -0.39 is 0 Å². The van der Waals surface area contributed by atoms with E-state index in [1.807, 2.05) is 29.2 Å². The Morgan fingerprint density at radius 3 is 2.59 bits per heavy atom. The minimum Gasteiger partial charge on any atom is -0.490 e. The van der Waals surface area contributed by atoms with Crippen LogP contribution in [0.2, 0.25) is 0 Å². The van der Waals surface area contributed by atoms with E-state index in [9.17, 15) is 4.79 Å². The molecule has 0 saturated carbocycles. The first-order valence-electron chi connectivity index (χ1n) is 9.61. The molecule has 0 bridgehead atoms. The van der Waals surface area contributed by atoms with Crippen LogP contribution in [0, 0.1) is 0 Å². The van der Waals surface area contributed by atoms with Crippen LogP contribution in [0.15, 0.2) is 66.0 Å². The summed E-state index contributed by atoms with van der Waals surface area (Å²) in [4.78, 5) is 23.2. The lowest BCUT2D eigenvalue weighted by Gasteiger charge is -2.30. The van der Waals surface area contributed by atoms with Gasteiger partial charge in [0.2, 0.25) is 0 Å². The van der Waals surface area contributed by atoms with Gasteiger partial charge in [0.1, 0.15) is 12.4 Å². The number of amides is 1. The van der Waals surface area contributed by atoms with E-state index in [1.54, 1.807) is 30.6 Å². The van der Waals surface area contributed by atoms with Crippen LogP contribution in [-0.2, 0) is 0 Å². The highest BCUT2D eigenvalue weighted by Gasteiger charge is 2.27. The van der Waals surface area contributed by atoms with Gasteiger partial charge < -0.3 is 14.2 Å². The first kappa shape index (κ1) is 18.9. The van der Waals surface area contributed by atoms with E-state index in [2.05, 4.69) is 21.7 Å². The Kier molecular flexibility index (Phi) is 5.65. The molecule has 3 heterocycles. The number of hydrogen-bond acceptors (Lipinski definition) is 6. The van der Waals surface area contributed by atoms with Crippen LogP contribution in [0.5, 0.6) is 5.75 Å². The normalized spacial score (nSPS) is 14.6. The van der Waals surface area contributed by atoms with E-state index in [-0.39, 0.29) is 11.8 Å². The van der Waals surface area contributed by atoms with Crippen LogP contribution >= 0.6 is 0 Å². The summed E-state index contributed by atoms with van der Waals surface area (Å²) in [5.74, 6) is 2.15. The van der Waals surface area contributed by atoms with Gasteiger partial charge in [-0.15, -0.1) is 0 Å². The summed E-state index contributed by atoms with van der Waals surface area (Å²) in [6.45, 7) is 5.40. The van der Waals surface area contributed by atoms with Crippen LogP contribution in [0.25, 0.3) is 11.5 Å². The van der Waals surface area contributed by atoms with E-state index in [0.29, 0.717) is 37.0 Å². The van der Waals surface area contributed by atoms with Gasteiger partial charge in [0.05, 0.1) is 0 Å². The summed E-state index contributed by atoms with van der Waals surface area (Å²) in [5.41, 5.74) is 1.51. The largest absolute Gasteiger partial charge is 0.490 e. The molecule has 0 spiro atoms. The molecule has 1 fully saturated rings. The van der Waals surface area contributed by atoms with Crippen molar-refractivity contribution in [1.29, 1.82) is 0 Å². The second kappa shape index (κ2) is 8.68. The number of rotatable bonds is 6. The Morgan fingerprint density at radius 2 is 1.90 bits per heavy atom. The molecular weight excluding hydrogens is 368 g/mol. The Labute approximate surface area is 169 Å². The Morgan fingerprint density at radius 1 is 1.17 bits per heavy atom. The minimum atomic E-state index is 0.0318. The van der Waals surface area contributed by atoms with Gasteiger partial charge in [0, 0.05) is 42.5 Å². The van der Waals surface area contributed by atoms with Crippen molar-refractivity contribution < 1.29 is 14.1 Å². The van der Waals surface area contributed by atoms with Gasteiger partial charge in [-0.05, 0) is 49.2 Å². The third-order valence-corrected chi connectivity index (χ3v) is 4.99. The van der Waals surface area contributed by atoms with Gasteiger partial charge in [0.25, 0.3) is 11.8 Å².